The van der Waals surface area contributed by atoms with Gasteiger partial charge >= 0.3 is 0 Å². The summed E-state index contributed by atoms with van der Waals surface area (Å²) < 4.78 is 37.6. The maximum Gasteiger partial charge on any atom is 0.240 e. The quantitative estimate of drug-likeness (QED) is 0.652. The average Bonchev–Trinajstić information content (AvgIpc) is 2.61. The molecule has 2 aromatic rings. The normalized spacial score (nSPS) is 11.2. The van der Waals surface area contributed by atoms with E-state index in [2.05, 4.69) is 10.0 Å². The molecule has 140 valence electrons. The fourth-order valence-corrected chi connectivity index (χ4v) is 3.15. The highest BCUT2D eigenvalue weighted by molar-refractivity contribution is 7.89. The van der Waals surface area contributed by atoms with Crippen LogP contribution in [0.3, 0.4) is 0 Å². The van der Waals surface area contributed by atoms with Gasteiger partial charge in [-0.25, -0.2) is 13.1 Å². The van der Waals surface area contributed by atoms with E-state index in [-0.39, 0.29) is 17.3 Å². The molecule has 2 aromatic carbocycles. The molecule has 8 heteroatoms. The first-order chi connectivity index (χ1) is 12.4. The third-order valence-corrected chi connectivity index (χ3v) is 4.85. The van der Waals surface area contributed by atoms with Crippen LogP contribution in [0.4, 0.5) is 5.69 Å². The first-order valence-corrected chi connectivity index (χ1v) is 9.47. The summed E-state index contributed by atoms with van der Waals surface area (Å²) in [5.74, 6) is 0.482. The average molecular weight is 378 g/mol. The molecule has 0 saturated heterocycles. The zero-order chi connectivity index (χ0) is 19.0. The molecule has 0 aliphatic carbocycles. The smallest absolute Gasteiger partial charge is 0.240 e. The number of ether oxygens (including phenoxy) is 2. The topological polar surface area (TPSA) is 93.7 Å². The van der Waals surface area contributed by atoms with Crippen LogP contribution in [0.1, 0.15) is 12.5 Å². The molecule has 0 aliphatic heterocycles. The number of hydrogen-bond donors (Lipinski definition) is 2. The van der Waals surface area contributed by atoms with Gasteiger partial charge < -0.3 is 14.8 Å². The lowest BCUT2D eigenvalue weighted by Crippen LogP contribution is -2.23. The maximum atomic E-state index is 12.3. The minimum atomic E-state index is -3.64. The first-order valence-electron chi connectivity index (χ1n) is 7.99. The van der Waals surface area contributed by atoms with Crippen molar-refractivity contribution in [2.75, 3.05) is 25.6 Å². The summed E-state index contributed by atoms with van der Waals surface area (Å²) in [5.41, 5.74) is 1.35. The fraction of sp³-hybridized carbons (Fsp3) is 0.278. The minimum Gasteiger partial charge on any atom is -0.491 e. The van der Waals surface area contributed by atoms with E-state index in [1.807, 2.05) is 0 Å². The van der Waals surface area contributed by atoms with Crippen molar-refractivity contribution in [1.29, 1.82) is 0 Å². The van der Waals surface area contributed by atoms with E-state index in [4.69, 9.17) is 9.47 Å². The van der Waals surface area contributed by atoms with Crippen molar-refractivity contribution in [3.8, 4) is 5.75 Å². The van der Waals surface area contributed by atoms with E-state index in [1.165, 1.54) is 19.1 Å². The van der Waals surface area contributed by atoms with Gasteiger partial charge in [-0.05, 0) is 42.0 Å². The molecule has 0 aliphatic rings. The number of carbonyl (C=O) groups excluding carboxylic acids is 1. The van der Waals surface area contributed by atoms with Gasteiger partial charge in [0.05, 0.1) is 11.5 Å². The largest absolute Gasteiger partial charge is 0.491 e. The van der Waals surface area contributed by atoms with Gasteiger partial charge in [0.15, 0.2) is 0 Å². The number of anilines is 1. The van der Waals surface area contributed by atoms with Crippen LogP contribution < -0.4 is 14.8 Å². The number of sulfonamides is 1. The van der Waals surface area contributed by atoms with Crippen molar-refractivity contribution in [3.05, 3.63) is 54.1 Å². The minimum absolute atomic E-state index is 0.131. The van der Waals surface area contributed by atoms with Crippen molar-refractivity contribution in [3.63, 3.8) is 0 Å². The van der Waals surface area contributed by atoms with Gasteiger partial charge in [-0.3, -0.25) is 4.79 Å². The lowest BCUT2D eigenvalue weighted by Gasteiger charge is -2.09. The van der Waals surface area contributed by atoms with Crippen molar-refractivity contribution in [2.24, 2.45) is 0 Å². The Morgan fingerprint density at radius 3 is 2.23 bits per heavy atom. The Morgan fingerprint density at radius 1 is 1.00 bits per heavy atom. The van der Waals surface area contributed by atoms with Crippen LogP contribution in [0.25, 0.3) is 0 Å². The standard InChI is InChI=1S/C18H22N2O5S/c1-14(21)20-16-5-9-18(10-6-16)26(22,23)19-13-15-3-7-17(8-4-15)25-12-11-24-2/h3-10,19H,11-13H2,1-2H3,(H,20,21). The number of rotatable bonds is 9. The molecule has 0 saturated carbocycles. The van der Waals surface area contributed by atoms with Crippen LogP contribution in [0.5, 0.6) is 5.75 Å². The zero-order valence-corrected chi connectivity index (χ0v) is 15.5. The van der Waals surface area contributed by atoms with Gasteiger partial charge in [0.25, 0.3) is 0 Å². The summed E-state index contributed by atoms with van der Waals surface area (Å²) in [5, 5.41) is 2.59. The molecule has 0 bridgehead atoms. The van der Waals surface area contributed by atoms with Gasteiger partial charge in [0.1, 0.15) is 12.4 Å². The summed E-state index contributed by atoms with van der Waals surface area (Å²) in [4.78, 5) is 11.1. The van der Waals surface area contributed by atoms with Crippen LogP contribution in [0.15, 0.2) is 53.4 Å². The summed E-state index contributed by atoms with van der Waals surface area (Å²) in [6.07, 6.45) is 0. The number of methoxy groups -OCH3 is 1. The molecule has 0 radical (unpaired) electrons. The molecular weight excluding hydrogens is 356 g/mol. The monoisotopic (exact) mass is 378 g/mol. The van der Waals surface area contributed by atoms with E-state index in [1.54, 1.807) is 43.5 Å². The highest BCUT2D eigenvalue weighted by Crippen LogP contribution is 2.16. The Kier molecular flexibility index (Phi) is 7.14. The molecule has 7 nitrogen and oxygen atoms in total. The molecule has 2 rings (SSSR count). The van der Waals surface area contributed by atoms with Gasteiger partial charge in [0, 0.05) is 26.3 Å². The maximum absolute atomic E-state index is 12.3. The number of amides is 1. The van der Waals surface area contributed by atoms with Crippen LogP contribution in [-0.4, -0.2) is 34.6 Å². The number of carbonyl (C=O) groups is 1. The Hall–Kier alpha value is -2.42. The second-order valence-electron chi connectivity index (χ2n) is 5.52. The summed E-state index contributed by atoms with van der Waals surface area (Å²) >= 11 is 0. The predicted octanol–water partition coefficient (Wildman–Crippen LogP) is 2.15. The predicted molar refractivity (Wildman–Crippen MR) is 98.6 cm³/mol. The van der Waals surface area contributed by atoms with E-state index >= 15 is 0 Å². The van der Waals surface area contributed by atoms with Gasteiger partial charge in [-0.2, -0.15) is 0 Å². The Labute approximate surface area is 153 Å². The summed E-state index contributed by atoms with van der Waals surface area (Å²) in [6, 6.07) is 13.1. The Morgan fingerprint density at radius 2 is 1.65 bits per heavy atom. The zero-order valence-electron chi connectivity index (χ0n) is 14.7. The van der Waals surface area contributed by atoms with Crippen molar-refractivity contribution >= 4 is 21.6 Å². The molecule has 0 spiro atoms. The molecule has 0 fully saturated rings. The SMILES string of the molecule is COCCOc1ccc(CNS(=O)(=O)c2ccc(NC(C)=O)cc2)cc1. The van der Waals surface area contributed by atoms with Crippen LogP contribution in [0.2, 0.25) is 0 Å². The number of hydrogen-bond acceptors (Lipinski definition) is 5. The Bertz CT molecular complexity index is 818. The van der Waals surface area contributed by atoms with Crippen LogP contribution in [0, 0.1) is 0 Å². The molecule has 0 atom stereocenters. The number of nitrogens with one attached hydrogen (secondary N) is 2. The van der Waals surface area contributed by atoms with E-state index in [0.29, 0.717) is 24.7 Å². The fourth-order valence-electron chi connectivity index (χ4n) is 2.13. The van der Waals surface area contributed by atoms with E-state index < -0.39 is 10.0 Å². The van der Waals surface area contributed by atoms with Gasteiger partial charge in [-0.1, -0.05) is 12.1 Å². The molecule has 0 aromatic heterocycles. The second kappa shape index (κ2) is 9.33. The van der Waals surface area contributed by atoms with Crippen molar-refractivity contribution in [2.45, 2.75) is 18.4 Å². The summed E-state index contributed by atoms with van der Waals surface area (Å²) in [6.45, 7) is 2.51. The molecule has 2 N–H and O–H groups in total. The molecule has 26 heavy (non-hydrogen) atoms. The van der Waals surface area contributed by atoms with Crippen LogP contribution >= 0.6 is 0 Å². The van der Waals surface area contributed by atoms with Crippen molar-refractivity contribution < 1.29 is 22.7 Å². The highest BCUT2D eigenvalue weighted by Gasteiger charge is 2.13. The third-order valence-electron chi connectivity index (χ3n) is 3.43. The second-order valence-corrected chi connectivity index (χ2v) is 7.28. The summed E-state index contributed by atoms with van der Waals surface area (Å²) in [7, 11) is -2.04. The lowest BCUT2D eigenvalue weighted by atomic mass is 10.2. The molecule has 1 amide bonds. The highest BCUT2D eigenvalue weighted by atomic mass is 32.2. The third kappa shape index (κ3) is 6.14. The number of benzene rings is 2. The van der Waals surface area contributed by atoms with Crippen molar-refractivity contribution in [1.82, 2.24) is 4.72 Å². The Balaban J connectivity index is 1.93. The molecule has 0 unspecified atom stereocenters. The molecule has 0 heterocycles. The van der Waals surface area contributed by atoms with Crippen LogP contribution in [-0.2, 0) is 26.1 Å². The lowest BCUT2D eigenvalue weighted by molar-refractivity contribution is -0.114. The van der Waals surface area contributed by atoms with Gasteiger partial charge in [0.2, 0.25) is 15.9 Å². The molecular formula is C18H22N2O5S. The van der Waals surface area contributed by atoms with Gasteiger partial charge in [-0.15, -0.1) is 0 Å². The van der Waals surface area contributed by atoms with E-state index in [0.717, 1.165) is 5.56 Å². The van der Waals surface area contributed by atoms with E-state index in [9.17, 15) is 13.2 Å². The first kappa shape index (κ1) is 19.9.